The zero-order chi connectivity index (χ0) is 24.9. The smallest absolute Gasteiger partial charge is 0.357 e. The molecule has 0 aliphatic rings. The minimum Gasteiger partial charge on any atom is -0.461 e. The quantitative estimate of drug-likeness (QED) is 0.132. The average Bonchev–Trinajstić information content (AvgIpc) is 2.83. The Morgan fingerprint density at radius 1 is 0.706 bits per heavy atom. The van der Waals surface area contributed by atoms with Gasteiger partial charge in [0.2, 0.25) is 0 Å². The maximum Gasteiger partial charge on any atom is 0.357 e. The fourth-order valence-electron chi connectivity index (χ4n) is 4.08. The summed E-state index contributed by atoms with van der Waals surface area (Å²) in [4.78, 5) is 28.6. The summed E-state index contributed by atoms with van der Waals surface area (Å²) in [6, 6.07) is 4.77. The summed E-state index contributed by atoms with van der Waals surface area (Å²) in [5.74, 6) is -0.986. The lowest BCUT2D eigenvalue weighted by molar-refractivity contribution is 0.0316. The van der Waals surface area contributed by atoms with Crippen LogP contribution >= 0.6 is 0 Å². The fraction of sp³-hybridized carbons (Fsp3) is 0.759. The third-order valence-electron chi connectivity index (χ3n) is 6.15. The molecule has 1 rings (SSSR count). The summed E-state index contributed by atoms with van der Waals surface area (Å²) in [7, 11) is 0. The summed E-state index contributed by atoms with van der Waals surface area (Å²) in [6.07, 6.45) is 21.1. The first-order chi connectivity index (χ1) is 16.6. The Morgan fingerprint density at radius 3 is 1.68 bits per heavy atom. The number of ether oxygens (including phenoxy) is 2. The normalized spacial score (nSPS) is 11.9. The number of nitrogens with zero attached hydrogens (tertiary/aromatic N) is 1. The zero-order valence-corrected chi connectivity index (χ0v) is 22.1. The second kappa shape index (κ2) is 20.5. The topological polar surface area (TPSA) is 65.5 Å². The summed E-state index contributed by atoms with van der Waals surface area (Å²) in [5, 5.41) is 0. The summed E-state index contributed by atoms with van der Waals surface area (Å²) in [5.41, 5.74) is 0.294. The Morgan fingerprint density at radius 2 is 1.18 bits per heavy atom. The number of carbonyl (C=O) groups is 2. The minimum absolute atomic E-state index is 0.143. The second-order valence-corrected chi connectivity index (χ2v) is 9.50. The lowest BCUT2D eigenvalue weighted by Crippen LogP contribution is -2.17. The number of unbranched alkanes of at least 4 members (excludes halogenated alkanes) is 14. The van der Waals surface area contributed by atoms with Gasteiger partial charge in [-0.3, -0.25) is 0 Å². The van der Waals surface area contributed by atoms with Crippen LogP contribution in [0.4, 0.5) is 0 Å². The Hall–Kier alpha value is -1.91. The molecule has 0 aliphatic heterocycles. The Kier molecular flexibility index (Phi) is 18.1. The van der Waals surface area contributed by atoms with Gasteiger partial charge in [0, 0.05) is 0 Å². The largest absolute Gasteiger partial charge is 0.461 e. The summed E-state index contributed by atoms with van der Waals surface area (Å²) < 4.78 is 10.7. The van der Waals surface area contributed by atoms with E-state index in [1.807, 2.05) is 13.8 Å². The van der Waals surface area contributed by atoms with Gasteiger partial charge in [-0.1, -0.05) is 116 Å². The van der Waals surface area contributed by atoms with E-state index in [1.165, 1.54) is 83.5 Å². The van der Waals surface area contributed by atoms with Crippen molar-refractivity contribution >= 4 is 11.9 Å². The van der Waals surface area contributed by atoms with Crippen molar-refractivity contribution in [3.8, 4) is 0 Å². The highest BCUT2D eigenvalue weighted by Crippen LogP contribution is 2.14. The van der Waals surface area contributed by atoms with Crippen LogP contribution in [0.15, 0.2) is 18.2 Å². The van der Waals surface area contributed by atoms with Crippen molar-refractivity contribution in [3.63, 3.8) is 0 Å². The number of rotatable bonds is 21. The van der Waals surface area contributed by atoms with Gasteiger partial charge in [0.25, 0.3) is 0 Å². The van der Waals surface area contributed by atoms with Crippen LogP contribution in [0, 0.1) is 0 Å². The monoisotopic (exact) mass is 475 g/mol. The summed E-state index contributed by atoms with van der Waals surface area (Å²) in [6.45, 7) is 6.56. The van der Waals surface area contributed by atoms with E-state index >= 15 is 0 Å². The fourth-order valence-corrected chi connectivity index (χ4v) is 4.08. The molecular formula is C29H49NO4. The first-order valence-electron chi connectivity index (χ1n) is 13.9. The van der Waals surface area contributed by atoms with Crippen LogP contribution in [0.1, 0.15) is 151 Å². The van der Waals surface area contributed by atoms with E-state index in [0.717, 1.165) is 25.7 Å². The highest BCUT2D eigenvalue weighted by molar-refractivity contribution is 5.91. The molecule has 0 saturated carbocycles. The number of carbonyl (C=O) groups excluding carboxylic acids is 2. The maximum absolute atomic E-state index is 12.3. The van der Waals surface area contributed by atoms with Crippen molar-refractivity contribution in [2.24, 2.45) is 0 Å². The molecule has 0 radical (unpaired) electrons. The molecule has 34 heavy (non-hydrogen) atoms. The maximum atomic E-state index is 12.3. The van der Waals surface area contributed by atoms with Crippen molar-refractivity contribution in [1.82, 2.24) is 4.98 Å². The van der Waals surface area contributed by atoms with Crippen molar-refractivity contribution in [2.75, 3.05) is 6.61 Å². The molecule has 0 spiro atoms. The molecule has 0 aliphatic carbocycles. The number of aromatic nitrogens is 1. The second-order valence-electron chi connectivity index (χ2n) is 9.50. The minimum atomic E-state index is -0.502. The van der Waals surface area contributed by atoms with E-state index in [0.29, 0.717) is 6.61 Å². The van der Waals surface area contributed by atoms with Gasteiger partial charge in [0.15, 0.2) is 0 Å². The van der Waals surface area contributed by atoms with Crippen LogP contribution in [-0.2, 0) is 9.47 Å². The van der Waals surface area contributed by atoms with E-state index in [-0.39, 0.29) is 17.5 Å². The van der Waals surface area contributed by atoms with Gasteiger partial charge in [0.05, 0.1) is 12.7 Å². The van der Waals surface area contributed by atoms with Crippen LogP contribution in [0.3, 0.4) is 0 Å². The molecule has 0 fully saturated rings. The number of hydrogen-bond donors (Lipinski definition) is 0. The van der Waals surface area contributed by atoms with Crippen molar-refractivity contribution < 1.29 is 19.1 Å². The molecular weight excluding hydrogens is 426 g/mol. The standard InChI is InChI=1S/C29H49NO4/c1-4-6-7-8-9-10-11-12-13-14-15-16-17-18-19-24-33-28(31)26-22-20-23-27(30-26)29(32)34-25(3)21-5-2/h20,22-23,25H,4-19,21,24H2,1-3H3. The molecule has 0 aromatic carbocycles. The molecule has 1 aromatic heterocycles. The average molecular weight is 476 g/mol. The van der Waals surface area contributed by atoms with Crippen molar-refractivity contribution in [2.45, 2.75) is 136 Å². The van der Waals surface area contributed by atoms with Crippen molar-refractivity contribution in [1.29, 1.82) is 0 Å². The van der Waals surface area contributed by atoms with E-state index in [4.69, 9.17) is 9.47 Å². The van der Waals surface area contributed by atoms with E-state index in [9.17, 15) is 9.59 Å². The molecule has 1 atom stereocenters. The van der Waals surface area contributed by atoms with Crippen molar-refractivity contribution in [3.05, 3.63) is 29.6 Å². The zero-order valence-electron chi connectivity index (χ0n) is 22.1. The van der Waals surface area contributed by atoms with Gasteiger partial charge in [-0.05, 0) is 31.9 Å². The summed E-state index contributed by atoms with van der Waals surface area (Å²) >= 11 is 0. The van der Waals surface area contributed by atoms with Crippen LogP contribution in [0.5, 0.6) is 0 Å². The van der Waals surface area contributed by atoms with Crippen LogP contribution < -0.4 is 0 Å². The van der Waals surface area contributed by atoms with Gasteiger partial charge >= 0.3 is 11.9 Å². The molecule has 1 aromatic rings. The Balaban J connectivity index is 2.04. The van der Waals surface area contributed by atoms with Crippen LogP contribution in [-0.4, -0.2) is 29.6 Å². The molecule has 1 heterocycles. The highest BCUT2D eigenvalue weighted by Gasteiger charge is 2.16. The first kappa shape index (κ1) is 30.1. The molecule has 5 nitrogen and oxygen atoms in total. The molecule has 0 N–H and O–H groups in total. The lowest BCUT2D eigenvalue weighted by Gasteiger charge is -2.12. The van der Waals surface area contributed by atoms with Gasteiger partial charge in [0.1, 0.15) is 11.4 Å². The van der Waals surface area contributed by atoms with Gasteiger partial charge in [-0.2, -0.15) is 0 Å². The number of esters is 2. The van der Waals surface area contributed by atoms with Gasteiger partial charge in [-0.15, -0.1) is 0 Å². The van der Waals surface area contributed by atoms with Gasteiger partial charge < -0.3 is 9.47 Å². The highest BCUT2D eigenvalue weighted by atomic mass is 16.5. The SMILES string of the molecule is CCCCCCCCCCCCCCCCCOC(=O)c1cccc(C(=O)OC(C)CCC)n1. The van der Waals surface area contributed by atoms with E-state index in [2.05, 4.69) is 11.9 Å². The molecule has 194 valence electrons. The van der Waals surface area contributed by atoms with E-state index in [1.54, 1.807) is 18.2 Å². The Bertz CT molecular complexity index is 661. The predicted octanol–water partition coefficient (Wildman–Crippen LogP) is 8.46. The lowest BCUT2D eigenvalue weighted by atomic mass is 10.0. The number of hydrogen-bond acceptors (Lipinski definition) is 5. The first-order valence-corrected chi connectivity index (χ1v) is 13.9. The molecule has 0 amide bonds. The van der Waals surface area contributed by atoms with Gasteiger partial charge in [-0.25, -0.2) is 14.6 Å². The molecule has 5 heteroatoms. The van der Waals surface area contributed by atoms with Crippen LogP contribution in [0.2, 0.25) is 0 Å². The molecule has 1 unspecified atom stereocenters. The molecule has 0 saturated heterocycles. The number of pyridine rings is 1. The third kappa shape index (κ3) is 15.1. The Labute approximate surface area is 208 Å². The third-order valence-corrected chi connectivity index (χ3v) is 6.15. The van der Waals surface area contributed by atoms with E-state index < -0.39 is 11.9 Å². The predicted molar refractivity (Wildman–Crippen MR) is 139 cm³/mol. The molecule has 0 bridgehead atoms. The van der Waals surface area contributed by atoms with Crippen LogP contribution in [0.25, 0.3) is 0 Å².